The highest BCUT2D eigenvalue weighted by Crippen LogP contribution is 2.25. The molecule has 0 unspecified atom stereocenters. The van der Waals surface area contributed by atoms with Crippen molar-refractivity contribution < 1.29 is 24.0 Å². The zero-order valence-corrected chi connectivity index (χ0v) is 18.5. The van der Waals surface area contributed by atoms with Crippen molar-refractivity contribution in [2.24, 2.45) is 4.99 Å². The van der Waals surface area contributed by atoms with Crippen molar-refractivity contribution in [2.75, 3.05) is 18.1 Å². The molecule has 2 heterocycles. The lowest BCUT2D eigenvalue weighted by Gasteiger charge is -2.14. The van der Waals surface area contributed by atoms with Crippen LogP contribution in [-0.2, 0) is 20.9 Å². The van der Waals surface area contributed by atoms with Crippen LogP contribution in [0.1, 0.15) is 30.1 Å². The SMILES string of the molecule is CCOCCn1c(=NC(=O)c2cccc(N3C(=O)CCC3=O)c2)sc2cc([N+](=O)[O-])ccc21. The summed E-state index contributed by atoms with van der Waals surface area (Å²) >= 11 is 1.16. The molecule has 3 aromatic rings. The van der Waals surface area contributed by atoms with E-state index in [9.17, 15) is 24.5 Å². The summed E-state index contributed by atoms with van der Waals surface area (Å²) in [5, 5.41) is 11.2. The van der Waals surface area contributed by atoms with Crippen LogP contribution >= 0.6 is 11.3 Å². The molecule has 1 aromatic heterocycles. The molecule has 33 heavy (non-hydrogen) atoms. The number of nitrogens with zero attached hydrogens (tertiary/aromatic N) is 4. The Kier molecular flexibility index (Phi) is 6.43. The highest BCUT2D eigenvalue weighted by atomic mass is 32.1. The third kappa shape index (κ3) is 4.59. The minimum Gasteiger partial charge on any atom is -0.380 e. The first-order chi connectivity index (χ1) is 15.9. The Morgan fingerprint density at radius 3 is 2.64 bits per heavy atom. The van der Waals surface area contributed by atoms with E-state index in [1.54, 1.807) is 28.8 Å². The predicted octanol–water partition coefficient (Wildman–Crippen LogP) is 3.04. The fourth-order valence-electron chi connectivity index (χ4n) is 3.57. The van der Waals surface area contributed by atoms with Crippen LogP contribution in [0, 0.1) is 10.1 Å². The fraction of sp³-hybridized carbons (Fsp3) is 0.273. The molecule has 0 aliphatic carbocycles. The lowest BCUT2D eigenvalue weighted by atomic mass is 10.2. The van der Waals surface area contributed by atoms with Gasteiger partial charge in [-0.2, -0.15) is 4.99 Å². The van der Waals surface area contributed by atoms with Gasteiger partial charge in [0.15, 0.2) is 4.80 Å². The number of hydrogen-bond acceptors (Lipinski definition) is 7. The van der Waals surface area contributed by atoms with E-state index < -0.39 is 10.8 Å². The van der Waals surface area contributed by atoms with Crippen molar-refractivity contribution in [3.63, 3.8) is 0 Å². The first kappa shape index (κ1) is 22.5. The number of hydrogen-bond donors (Lipinski definition) is 0. The molecular formula is C22H20N4O6S. The van der Waals surface area contributed by atoms with E-state index in [0.29, 0.717) is 40.5 Å². The van der Waals surface area contributed by atoms with Gasteiger partial charge in [-0.3, -0.25) is 29.4 Å². The molecule has 0 spiro atoms. The van der Waals surface area contributed by atoms with Crippen molar-refractivity contribution in [1.29, 1.82) is 0 Å². The minimum absolute atomic E-state index is 0.0498. The normalized spacial score (nSPS) is 14.5. The van der Waals surface area contributed by atoms with Crippen molar-refractivity contribution in [1.82, 2.24) is 4.57 Å². The van der Waals surface area contributed by atoms with Gasteiger partial charge in [-0.15, -0.1) is 0 Å². The number of benzene rings is 2. The van der Waals surface area contributed by atoms with Gasteiger partial charge in [0.1, 0.15) is 0 Å². The summed E-state index contributed by atoms with van der Waals surface area (Å²) in [6, 6.07) is 10.7. The van der Waals surface area contributed by atoms with E-state index >= 15 is 0 Å². The second-order valence-electron chi connectivity index (χ2n) is 7.23. The molecule has 11 heteroatoms. The molecule has 1 aliphatic rings. The van der Waals surface area contributed by atoms with Crippen LogP contribution < -0.4 is 9.70 Å². The molecular weight excluding hydrogens is 448 g/mol. The van der Waals surface area contributed by atoms with E-state index in [1.165, 1.54) is 18.2 Å². The van der Waals surface area contributed by atoms with E-state index in [1.807, 2.05) is 6.92 Å². The molecule has 0 bridgehead atoms. The van der Waals surface area contributed by atoms with Crippen LogP contribution in [-0.4, -0.2) is 40.4 Å². The molecule has 0 radical (unpaired) electrons. The number of thiazole rings is 1. The molecule has 0 atom stereocenters. The second kappa shape index (κ2) is 9.43. The maximum atomic E-state index is 13.0. The van der Waals surface area contributed by atoms with Gasteiger partial charge in [-0.1, -0.05) is 17.4 Å². The molecule has 3 amide bonds. The summed E-state index contributed by atoms with van der Waals surface area (Å²) in [6.07, 6.45) is 0.296. The zero-order valence-electron chi connectivity index (χ0n) is 17.7. The number of rotatable bonds is 7. The van der Waals surface area contributed by atoms with Crippen molar-refractivity contribution in [2.45, 2.75) is 26.3 Å². The number of anilines is 1. The van der Waals surface area contributed by atoms with Crippen molar-refractivity contribution in [3.05, 3.63) is 62.9 Å². The Morgan fingerprint density at radius 1 is 1.18 bits per heavy atom. The van der Waals surface area contributed by atoms with Gasteiger partial charge in [0.2, 0.25) is 11.8 Å². The number of fused-ring (bicyclic) bond motifs is 1. The molecule has 10 nitrogen and oxygen atoms in total. The molecule has 170 valence electrons. The summed E-state index contributed by atoms with van der Waals surface area (Å²) < 4.78 is 7.84. The van der Waals surface area contributed by atoms with Gasteiger partial charge in [-0.05, 0) is 31.2 Å². The number of imide groups is 1. The topological polar surface area (TPSA) is 124 Å². The van der Waals surface area contributed by atoms with E-state index in [0.717, 1.165) is 16.2 Å². The number of aromatic nitrogens is 1. The highest BCUT2D eigenvalue weighted by molar-refractivity contribution is 7.16. The Balaban J connectivity index is 1.74. The lowest BCUT2D eigenvalue weighted by molar-refractivity contribution is -0.384. The summed E-state index contributed by atoms with van der Waals surface area (Å²) in [7, 11) is 0. The van der Waals surface area contributed by atoms with Gasteiger partial charge in [0.25, 0.3) is 11.6 Å². The number of carbonyl (C=O) groups is 3. The van der Waals surface area contributed by atoms with E-state index in [2.05, 4.69) is 4.99 Å². The standard InChI is InChI=1S/C22H20N4O6S/c1-2-32-11-10-24-17-7-6-16(26(30)31)13-18(17)33-22(24)23-21(29)14-4-3-5-15(12-14)25-19(27)8-9-20(25)28/h3-7,12-13H,2,8-11H2,1H3. The number of nitro groups is 1. The van der Waals surface area contributed by atoms with Crippen molar-refractivity contribution in [3.8, 4) is 0 Å². The summed E-state index contributed by atoms with van der Waals surface area (Å²) in [6.45, 7) is 3.20. The summed E-state index contributed by atoms with van der Waals surface area (Å²) in [5.74, 6) is -1.16. The molecule has 1 fully saturated rings. The van der Waals surface area contributed by atoms with Gasteiger partial charge >= 0.3 is 0 Å². The monoisotopic (exact) mass is 468 g/mol. The largest absolute Gasteiger partial charge is 0.380 e. The molecule has 1 aliphatic heterocycles. The van der Waals surface area contributed by atoms with E-state index in [4.69, 9.17) is 4.74 Å². The average Bonchev–Trinajstić information content (AvgIpc) is 3.32. The number of ether oxygens (including phenoxy) is 1. The first-order valence-electron chi connectivity index (χ1n) is 10.3. The Labute approximate surface area is 191 Å². The van der Waals surface area contributed by atoms with Crippen LogP contribution in [0.5, 0.6) is 0 Å². The molecule has 1 saturated heterocycles. The minimum atomic E-state index is -0.554. The van der Waals surface area contributed by atoms with Gasteiger partial charge in [-0.25, -0.2) is 0 Å². The third-order valence-corrected chi connectivity index (χ3v) is 6.18. The first-order valence-corrected chi connectivity index (χ1v) is 11.1. The smallest absolute Gasteiger partial charge is 0.279 e. The quantitative estimate of drug-likeness (QED) is 0.227. The van der Waals surface area contributed by atoms with Crippen LogP contribution in [0.4, 0.5) is 11.4 Å². The molecule has 0 N–H and O–H groups in total. The van der Waals surface area contributed by atoms with Gasteiger partial charge in [0.05, 0.1) is 27.4 Å². The zero-order chi connectivity index (χ0) is 23.5. The van der Waals surface area contributed by atoms with Crippen LogP contribution in [0.2, 0.25) is 0 Å². The maximum Gasteiger partial charge on any atom is 0.279 e. The Bertz CT molecular complexity index is 1330. The number of nitro benzene ring substituents is 1. The van der Waals surface area contributed by atoms with Crippen LogP contribution in [0.15, 0.2) is 47.5 Å². The predicted molar refractivity (Wildman–Crippen MR) is 121 cm³/mol. The molecule has 2 aromatic carbocycles. The summed E-state index contributed by atoms with van der Waals surface area (Å²) in [4.78, 5) is 53.4. The second-order valence-corrected chi connectivity index (χ2v) is 8.24. The van der Waals surface area contributed by atoms with Gasteiger partial charge in [0, 0.05) is 43.7 Å². The third-order valence-electron chi connectivity index (χ3n) is 5.14. The van der Waals surface area contributed by atoms with E-state index in [-0.39, 0.29) is 35.9 Å². The lowest BCUT2D eigenvalue weighted by Crippen LogP contribution is -2.28. The molecule has 0 saturated carbocycles. The number of amides is 3. The van der Waals surface area contributed by atoms with Crippen molar-refractivity contribution >= 4 is 50.6 Å². The molecule has 4 rings (SSSR count). The summed E-state index contributed by atoms with van der Waals surface area (Å²) in [5.41, 5.74) is 1.21. The Hall–Kier alpha value is -3.70. The average molecular weight is 468 g/mol. The number of non-ortho nitro benzene ring substituents is 1. The number of carbonyl (C=O) groups excluding carboxylic acids is 3. The fourth-order valence-corrected chi connectivity index (χ4v) is 4.66. The van der Waals surface area contributed by atoms with Gasteiger partial charge < -0.3 is 9.30 Å². The Morgan fingerprint density at radius 2 is 1.94 bits per heavy atom. The highest BCUT2D eigenvalue weighted by Gasteiger charge is 2.30. The van der Waals surface area contributed by atoms with Crippen LogP contribution in [0.25, 0.3) is 10.2 Å². The van der Waals surface area contributed by atoms with Crippen LogP contribution in [0.3, 0.4) is 0 Å². The maximum absolute atomic E-state index is 13.0.